The lowest BCUT2D eigenvalue weighted by Gasteiger charge is -2.07. The fourth-order valence-corrected chi connectivity index (χ4v) is 1.80. The van der Waals surface area contributed by atoms with Crippen LogP contribution < -0.4 is 4.74 Å². The summed E-state index contributed by atoms with van der Waals surface area (Å²) in [6.45, 7) is 4.94. The highest BCUT2D eigenvalue weighted by atomic mass is 16.5. The molecule has 3 heteroatoms. The molecular formula is C16H24O3. The van der Waals surface area contributed by atoms with Crippen LogP contribution in [0.4, 0.5) is 0 Å². The normalized spacial score (nSPS) is 10.5. The van der Waals surface area contributed by atoms with Gasteiger partial charge in [-0.05, 0) is 36.5 Å². The van der Waals surface area contributed by atoms with Crippen LogP contribution in [0.5, 0.6) is 5.75 Å². The molecule has 0 atom stereocenters. The Morgan fingerprint density at radius 3 is 2.42 bits per heavy atom. The summed E-state index contributed by atoms with van der Waals surface area (Å²) in [5.74, 6) is 1.36. The molecule has 0 aliphatic rings. The predicted octanol–water partition coefficient (Wildman–Crippen LogP) is 3.61. The molecule has 3 nitrogen and oxygen atoms in total. The lowest BCUT2D eigenvalue weighted by Crippen LogP contribution is -2.09. The summed E-state index contributed by atoms with van der Waals surface area (Å²) in [6.07, 6.45) is 3.59. The minimum absolute atomic E-state index is 0.158. The molecule has 0 aliphatic heterocycles. The Morgan fingerprint density at radius 2 is 1.84 bits per heavy atom. The molecule has 0 heterocycles. The summed E-state index contributed by atoms with van der Waals surface area (Å²) in [7, 11) is 1.63. The average molecular weight is 264 g/mol. The van der Waals surface area contributed by atoms with Crippen LogP contribution in [-0.2, 0) is 16.0 Å². The zero-order valence-corrected chi connectivity index (χ0v) is 12.1. The number of esters is 1. The number of carbonyl (C=O) groups excluding carboxylic acids is 1. The quantitative estimate of drug-likeness (QED) is 0.531. The Bertz CT molecular complexity index is 368. The molecule has 0 N–H and O–H groups in total. The van der Waals surface area contributed by atoms with E-state index >= 15 is 0 Å². The lowest BCUT2D eigenvalue weighted by atomic mass is 10.1. The fourth-order valence-electron chi connectivity index (χ4n) is 1.80. The number of carbonyl (C=O) groups is 1. The predicted molar refractivity (Wildman–Crippen MR) is 76.3 cm³/mol. The molecule has 0 saturated heterocycles. The van der Waals surface area contributed by atoms with Gasteiger partial charge in [-0.1, -0.05) is 32.4 Å². The van der Waals surface area contributed by atoms with Gasteiger partial charge in [0.1, 0.15) is 5.75 Å². The number of unbranched alkanes of at least 4 members (excludes halogenated alkanes) is 1. The molecule has 1 aromatic rings. The highest BCUT2D eigenvalue weighted by molar-refractivity contribution is 5.72. The SMILES string of the molecule is COc1ccc(CC(=O)OCCCCC(C)C)cc1. The van der Waals surface area contributed by atoms with Crippen molar-refractivity contribution >= 4 is 5.97 Å². The first-order valence-corrected chi connectivity index (χ1v) is 6.90. The van der Waals surface area contributed by atoms with Crippen LogP contribution in [0.3, 0.4) is 0 Å². The molecule has 106 valence electrons. The van der Waals surface area contributed by atoms with E-state index in [1.54, 1.807) is 7.11 Å². The molecule has 0 amide bonds. The van der Waals surface area contributed by atoms with E-state index in [1.807, 2.05) is 24.3 Å². The number of hydrogen-bond acceptors (Lipinski definition) is 3. The third-order valence-corrected chi connectivity index (χ3v) is 2.95. The summed E-state index contributed by atoms with van der Waals surface area (Å²) >= 11 is 0. The van der Waals surface area contributed by atoms with Crippen molar-refractivity contribution in [1.29, 1.82) is 0 Å². The first kappa shape index (κ1) is 15.5. The molecule has 0 spiro atoms. The summed E-state index contributed by atoms with van der Waals surface area (Å²) in [5, 5.41) is 0. The zero-order valence-electron chi connectivity index (χ0n) is 12.1. The van der Waals surface area contributed by atoms with E-state index in [1.165, 1.54) is 6.42 Å². The van der Waals surface area contributed by atoms with Gasteiger partial charge in [0, 0.05) is 0 Å². The topological polar surface area (TPSA) is 35.5 Å². The number of methoxy groups -OCH3 is 1. The Hall–Kier alpha value is -1.51. The third-order valence-electron chi connectivity index (χ3n) is 2.95. The summed E-state index contributed by atoms with van der Waals surface area (Å²) in [5.41, 5.74) is 0.952. The molecule has 0 saturated carbocycles. The molecule has 19 heavy (non-hydrogen) atoms. The van der Waals surface area contributed by atoms with E-state index in [-0.39, 0.29) is 5.97 Å². The van der Waals surface area contributed by atoms with Gasteiger partial charge in [-0.3, -0.25) is 4.79 Å². The van der Waals surface area contributed by atoms with Crippen LogP contribution in [0.1, 0.15) is 38.7 Å². The second-order valence-electron chi connectivity index (χ2n) is 5.13. The largest absolute Gasteiger partial charge is 0.497 e. The van der Waals surface area contributed by atoms with Crippen molar-refractivity contribution in [2.75, 3.05) is 13.7 Å². The maximum atomic E-state index is 11.6. The fraction of sp³-hybridized carbons (Fsp3) is 0.562. The summed E-state index contributed by atoms with van der Waals surface area (Å²) in [6, 6.07) is 7.48. The van der Waals surface area contributed by atoms with Crippen molar-refractivity contribution < 1.29 is 14.3 Å². The van der Waals surface area contributed by atoms with Crippen molar-refractivity contribution in [2.24, 2.45) is 5.92 Å². The highest BCUT2D eigenvalue weighted by Crippen LogP contribution is 2.12. The Labute approximate surface area is 115 Å². The van der Waals surface area contributed by atoms with Gasteiger partial charge >= 0.3 is 5.97 Å². The van der Waals surface area contributed by atoms with Gasteiger partial charge in [0.05, 0.1) is 20.1 Å². The summed E-state index contributed by atoms with van der Waals surface area (Å²) in [4.78, 5) is 11.6. The molecule has 0 aromatic heterocycles. The maximum Gasteiger partial charge on any atom is 0.310 e. The van der Waals surface area contributed by atoms with Crippen molar-refractivity contribution in [3.05, 3.63) is 29.8 Å². The number of ether oxygens (including phenoxy) is 2. The minimum Gasteiger partial charge on any atom is -0.497 e. The van der Waals surface area contributed by atoms with Crippen LogP contribution in [-0.4, -0.2) is 19.7 Å². The number of rotatable bonds is 8. The molecular weight excluding hydrogens is 240 g/mol. The smallest absolute Gasteiger partial charge is 0.310 e. The van der Waals surface area contributed by atoms with Crippen LogP contribution in [0.25, 0.3) is 0 Å². The van der Waals surface area contributed by atoms with Gasteiger partial charge in [0.25, 0.3) is 0 Å². The zero-order chi connectivity index (χ0) is 14.1. The first-order valence-electron chi connectivity index (χ1n) is 6.90. The van der Waals surface area contributed by atoms with Gasteiger partial charge in [-0.25, -0.2) is 0 Å². The van der Waals surface area contributed by atoms with Gasteiger partial charge < -0.3 is 9.47 Å². The lowest BCUT2D eigenvalue weighted by molar-refractivity contribution is -0.142. The molecule has 0 unspecified atom stereocenters. The van der Waals surface area contributed by atoms with E-state index < -0.39 is 0 Å². The second kappa shape index (κ2) is 8.57. The number of hydrogen-bond donors (Lipinski definition) is 0. The molecule has 0 bridgehead atoms. The number of benzene rings is 1. The van der Waals surface area contributed by atoms with Crippen LogP contribution in [0.15, 0.2) is 24.3 Å². The monoisotopic (exact) mass is 264 g/mol. The van der Waals surface area contributed by atoms with Crippen LogP contribution >= 0.6 is 0 Å². The molecule has 0 fully saturated rings. The molecule has 1 aromatic carbocycles. The van der Waals surface area contributed by atoms with E-state index in [0.717, 1.165) is 30.1 Å². The van der Waals surface area contributed by atoms with E-state index in [4.69, 9.17) is 9.47 Å². The molecule has 1 rings (SSSR count). The van der Waals surface area contributed by atoms with Gasteiger partial charge in [-0.2, -0.15) is 0 Å². The minimum atomic E-state index is -0.158. The van der Waals surface area contributed by atoms with Crippen LogP contribution in [0, 0.1) is 5.92 Å². The van der Waals surface area contributed by atoms with Crippen molar-refractivity contribution in [3.8, 4) is 5.75 Å². The van der Waals surface area contributed by atoms with E-state index in [0.29, 0.717) is 13.0 Å². The Kier molecular flexibility index (Phi) is 7.01. The van der Waals surface area contributed by atoms with Gasteiger partial charge in [-0.15, -0.1) is 0 Å². The highest BCUT2D eigenvalue weighted by Gasteiger charge is 2.05. The van der Waals surface area contributed by atoms with Crippen molar-refractivity contribution in [1.82, 2.24) is 0 Å². The van der Waals surface area contributed by atoms with E-state index in [2.05, 4.69) is 13.8 Å². The summed E-state index contributed by atoms with van der Waals surface area (Å²) < 4.78 is 10.3. The first-order chi connectivity index (χ1) is 9.11. The van der Waals surface area contributed by atoms with E-state index in [9.17, 15) is 4.79 Å². The third kappa shape index (κ3) is 6.85. The average Bonchev–Trinajstić information content (AvgIpc) is 2.39. The van der Waals surface area contributed by atoms with Crippen LogP contribution in [0.2, 0.25) is 0 Å². The Balaban J connectivity index is 2.19. The standard InChI is InChI=1S/C16H24O3/c1-13(2)6-4-5-11-19-16(17)12-14-7-9-15(18-3)10-8-14/h7-10,13H,4-6,11-12H2,1-3H3. The molecule has 0 aliphatic carbocycles. The van der Waals surface area contributed by atoms with Crippen molar-refractivity contribution in [3.63, 3.8) is 0 Å². The van der Waals surface area contributed by atoms with Crippen molar-refractivity contribution in [2.45, 2.75) is 39.5 Å². The van der Waals surface area contributed by atoms with Gasteiger partial charge in [0.15, 0.2) is 0 Å². The Morgan fingerprint density at radius 1 is 1.16 bits per heavy atom. The molecule has 0 radical (unpaired) electrons. The second-order valence-corrected chi connectivity index (χ2v) is 5.13. The maximum absolute atomic E-state index is 11.6. The van der Waals surface area contributed by atoms with Gasteiger partial charge in [0.2, 0.25) is 0 Å².